The third-order valence-corrected chi connectivity index (χ3v) is 3.48. The summed E-state index contributed by atoms with van der Waals surface area (Å²) in [6.45, 7) is 8.12. The van der Waals surface area contributed by atoms with Gasteiger partial charge in [-0.1, -0.05) is 13.3 Å². The van der Waals surface area contributed by atoms with E-state index >= 15 is 0 Å². The lowest BCUT2D eigenvalue weighted by Gasteiger charge is -2.31. The molecule has 2 atom stereocenters. The molecule has 98 valence electrons. The van der Waals surface area contributed by atoms with Crippen LogP contribution in [0.1, 0.15) is 45.2 Å². The zero-order chi connectivity index (χ0) is 12.8. The maximum Gasteiger partial charge on any atom is 0.0538 e. The van der Waals surface area contributed by atoms with Crippen molar-refractivity contribution in [1.29, 1.82) is 0 Å². The summed E-state index contributed by atoms with van der Waals surface area (Å²) in [4.78, 5) is 2.36. The highest BCUT2D eigenvalue weighted by Crippen LogP contribution is 2.21. The predicted octanol–water partition coefficient (Wildman–Crippen LogP) is 2.02. The van der Waals surface area contributed by atoms with Crippen molar-refractivity contribution >= 4 is 0 Å². The number of hydrogen-bond acceptors (Lipinski definition) is 3. The molecule has 4 nitrogen and oxygen atoms in total. The number of likely N-dealkylation sites (N-methyl/N-ethyl adjacent to an activating group) is 1. The molecule has 4 heteroatoms. The lowest BCUT2D eigenvalue weighted by atomic mass is 10.1. The van der Waals surface area contributed by atoms with Crippen molar-refractivity contribution < 1.29 is 0 Å². The summed E-state index contributed by atoms with van der Waals surface area (Å²) in [5.41, 5.74) is 7.13. The Kier molecular flexibility index (Phi) is 5.65. The molecule has 2 N–H and O–H groups in total. The summed E-state index contributed by atoms with van der Waals surface area (Å²) in [6, 6.07) is 0.829. The van der Waals surface area contributed by atoms with Crippen LogP contribution in [0.2, 0.25) is 0 Å². The van der Waals surface area contributed by atoms with Gasteiger partial charge in [0.1, 0.15) is 0 Å². The van der Waals surface area contributed by atoms with Gasteiger partial charge in [-0.15, -0.1) is 0 Å². The van der Waals surface area contributed by atoms with Crippen molar-refractivity contribution in [3.63, 3.8) is 0 Å². The Hall–Kier alpha value is -0.870. The van der Waals surface area contributed by atoms with Gasteiger partial charge in [-0.25, -0.2) is 0 Å². The monoisotopic (exact) mass is 238 g/mol. The van der Waals surface area contributed by atoms with Crippen molar-refractivity contribution in [1.82, 2.24) is 14.7 Å². The minimum Gasteiger partial charge on any atom is -0.329 e. The smallest absolute Gasteiger partial charge is 0.0538 e. The van der Waals surface area contributed by atoms with Crippen LogP contribution in [0.15, 0.2) is 12.4 Å². The van der Waals surface area contributed by atoms with Gasteiger partial charge in [-0.2, -0.15) is 5.10 Å². The molecule has 0 bridgehead atoms. The van der Waals surface area contributed by atoms with E-state index in [0.717, 1.165) is 6.54 Å². The quantitative estimate of drug-likeness (QED) is 0.790. The zero-order valence-electron chi connectivity index (χ0n) is 11.6. The van der Waals surface area contributed by atoms with Crippen LogP contribution in [0.5, 0.6) is 0 Å². The van der Waals surface area contributed by atoms with Gasteiger partial charge in [0.15, 0.2) is 0 Å². The largest absolute Gasteiger partial charge is 0.329 e. The molecular weight excluding hydrogens is 212 g/mol. The van der Waals surface area contributed by atoms with Gasteiger partial charge in [0.25, 0.3) is 0 Å². The molecule has 0 aliphatic carbocycles. The highest BCUT2D eigenvalue weighted by atomic mass is 15.3. The van der Waals surface area contributed by atoms with Crippen LogP contribution >= 0.6 is 0 Å². The van der Waals surface area contributed by atoms with E-state index in [1.807, 2.05) is 10.9 Å². The molecular formula is C13H26N4. The number of aryl methyl sites for hydroxylation is 1. The fourth-order valence-corrected chi connectivity index (χ4v) is 2.19. The first kappa shape index (κ1) is 14.2. The first-order chi connectivity index (χ1) is 8.13. The number of nitrogens with two attached hydrogens (primary N) is 1. The molecule has 1 heterocycles. The molecule has 1 aromatic rings. The Morgan fingerprint density at radius 2 is 2.18 bits per heavy atom. The average molecular weight is 238 g/mol. The van der Waals surface area contributed by atoms with E-state index in [9.17, 15) is 0 Å². The number of aromatic nitrogens is 2. The van der Waals surface area contributed by atoms with Gasteiger partial charge in [0.05, 0.1) is 12.2 Å². The molecule has 17 heavy (non-hydrogen) atoms. The lowest BCUT2D eigenvalue weighted by Crippen LogP contribution is -2.36. The van der Waals surface area contributed by atoms with Crippen LogP contribution in [-0.2, 0) is 6.54 Å². The van der Waals surface area contributed by atoms with Crippen LogP contribution in [0, 0.1) is 0 Å². The van der Waals surface area contributed by atoms with E-state index in [1.165, 1.54) is 18.4 Å². The Labute approximate surface area is 105 Å². The highest BCUT2D eigenvalue weighted by Gasteiger charge is 2.20. The maximum atomic E-state index is 5.91. The van der Waals surface area contributed by atoms with Crippen molar-refractivity contribution in [3.8, 4) is 0 Å². The van der Waals surface area contributed by atoms with Gasteiger partial charge in [-0.05, 0) is 27.3 Å². The van der Waals surface area contributed by atoms with E-state index in [0.29, 0.717) is 12.6 Å². The van der Waals surface area contributed by atoms with Gasteiger partial charge in [-0.3, -0.25) is 9.58 Å². The lowest BCUT2D eigenvalue weighted by molar-refractivity contribution is 0.179. The summed E-state index contributed by atoms with van der Waals surface area (Å²) in [6.07, 6.45) is 6.45. The van der Waals surface area contributed by atoms with E-state index in [1.54, 1.807) is 0 Å². The van der Waals surface area contributed by atoms with Crippen molar-refractivity contribution in [3.05, 3.63) is 18.0 Å². The predicted molar refractivity (Wildman–Crippen MR) is 71.8 cm³/mol. The number of nitrogens with zero attached hydrogens (tertiary/aromatic N) is 3. The maximum absolute atomic E-state index is 5.91. The summed E-state index contributed by atoms with van der Waals surface area (Å²) >= 11 is 0. The van der Waals surface area contributed by atoms with Gasteiger partial charge in [0.2, 0.25) is 0 Å². The van der Waals surface area contributed by atoms with Crippen LogP contribution < -0.4 is 5.73 Å². The second-order valence-electron chi connectivity index (χ2n) is 4.68. The SMILES string of the molecule is CCCC(C)N(C)C(CN)c1cnn(CC)c1. The van der Waals surface area contributed by atoms with Gasteiger partial charge < -0.3 is 5.73 Å². The molecule has 0 spiro atoms. The Balaban J connectivity index is 2.76. The number of hydrogen-bond donors (Lipinski definition) is 1. The normalized spacial score (nSPS) is 15.2. The second kappa shape index (κ2) is 6.77. The third-order valence-electron chi connectivity index (χ3n) is 3.48. The van der Waals surface area contributed by atoms with Gasteiger partial charge in [0, 0.05) is 30.9 Å². The molecule has 0 aliphatic rings. The fraction of sp³-hybridized carbons (Fsp3) is 0.769. The molecule has 0 amide bonds. The molecule has 1 rings (SSSR count). The third kappa shape index (κ3) is 3.54. The Morgan fingerprint density at radius 1 is 1.47 bits per heavy atom. The molecule has 0 fully saturated rings. The van der Waals surface area contributed by atoms with Crippen molar-refractivity contribution in [2.75, 3.05) is 13.6 Å². The molecule has 0 aliphatic heterocycles. The minimum atomic E-state index is 0.275. The van der Waals surface area contributed by atoms with E-state index in [4.69, 9.17) is 5.73 Å². The summed E-state index contributed by atoms with van der Waals surface area (Å²) < 4.78 is 1.95. The van der Waals surface area contributed by atoms with Crippen molar-refractivity contribution in [2.24, 2.45) is 5.73 Å². The molecule has 0 saturated heterocycles. The van der Waals surface area contributed by atoms with E-state index in [-0.39, 0.29) is 6.04 Å². The molecule has 0 radical (unpaired) electrons. The highest BCUT2D eigenvalue weighted by molar-refractivity contribution is 5.11. The second-order valence-corrected chi connectivity index (χ2v) is 4.68. The Bertz CT molecular complexity index is 321. The molecule has 1 aromatic heterocycles. The first-order valence-corrected chi connectivity index (χ1v) is 6.58. The van der Waals surface area contributed by atoms with Crippen molar-refractivity contribution in [2.45, 2.75) is 52.2 Å². The van der Waals surface area contributed by atoms with Crippen LogP contribution in [-0.4, -0.2) is 34.3 Å². The molecule has 0 saturated carbocycles. The summed E-state index contributed by atoms with van der Waals surface area (Å²) in [7, 11) is 2.15. The average Bonchev–Trinajstić information content (AvgIpc) is 2.79. The van der Waals surface area contributed by atoms with Gasteiger partial charge >= 0.3 is 0 Å². The summed E-state index contributed by atoms with van der Waals surface area (Å²) in [5, 5.41) is 4.33. The molecule has 2 unspecified atom stereocenters. The van der Waals surface area contributed by atoms with Crippen LogP contribution in [0.4, 0.5) is 0 Å². The van der Waals surface area contributed by atoms with Crippen LogP contribution in [0.3, 0.4) is 0 Å². The van der Waals surface area contributed by atoms with Crippen LogP contribution in [0.25, 0.3) is 0 Å². The Morgan fingerprint density at radius 3 is 2.65 bits per heavy atom. The zero-order valence-corrected chi connectivity index (χ0v) is 11.6. The van der Waals surface area contributed by atoms with E-state index in [2.05, 4.69) is 44.0 Å². The number of rotatable bonds is 7. The fourth-order valence-electron chi connectivity index (χ4n) is 2.19. The summed E-state index contributed by atoms with van der Waals surface area (Å²) in [5.74, 6) is 0. The standard InChI is InChI=1S/C13H26N4/c1-5-7-11(3)16(4)13(8-14)12-9-15-17(6-2)10-12/h9-11,13H,5-8,14H2,1-4H3. The first-order valence-electron chi connectivity index (χ1n) is 6.58. The van der Waals surface area contributed by atoms with E-state index < -0.39 is 0 Å². The topological polar surface area (TPSA) is 47.1 Å². The minimum absolute atomic E-state index is 0.275. The molecule has 0 aromatic carbocycles.